The van der Waals surface area contributed by atoms with Crippen LogP contribution in [0.15, 0.2) is 34.8 Å². The Hall–Kier alpha value is -0.350. The van der Waals surface area contributed by atoms with Crippen molar-refractivity contribution in [3.8, 4) is 0 Å². The lowest BCUT2D eigenvalue weighted by Crippen LogP contribution is -1.97. The number of hydrogen-bond donors (Lipinski definition) is 1. The highest BCUT2D eigenvalue weighted by Crippen LogP contribution is 2.32. The van der Waals surface area contributed by atoms with E-state index in [2.05, 4.69) is 15.9 Å². The van der Waals surface area contributed by atoms with Crippen LogP contribution in [0, 0.1) is 6.92 Å². The molecule has 1 aromatic carbocycles. The van der Waals surface area contributed by atoms with Gasteiger partial charge in [-0.25, -0.2) is 0 Å². The first-order chi connectivity index (χ1) is 7.58. The van der Waals surface area contributed by atoms with E-state index >= 15 is 0 Å². The molecule has 1 heterocycles. The summed E-state index contributed by atoms with van der Waals surface area (Å²) in [7, 11) is 0. The summed E-state index contributed by atoms with van der Waals surface area (Å²) < 4.78 is 1.70. The van der Waals surface area contributed by atoms with Gasteiger partial charge in [-0.15, -0.1) is 11.3 Å². The maximum absolute atomic E-state index is 10.2. The number of aliphatic hydroxyl groups excluding tert-OH is 1. The standard InChI is InChI=1S/C12H10BrClOS/c1-7-2-3-8(6-9(7)13)12(15)10-4-5-11(14)16-10/h2-6,12,15H,1H3. The molecular weight excluding hydrogens is 308 g/mol. The second kappa shape index (κ2) is 4.88. The van der Waals surface area contributed by atoms with Crippen molar-refractivity contribution in [1.82, 2.24) is 0 Å². The molecule has 0 spiro atoms. The molecule has 0 amide bonds. The third kappa shape index (κ3) is 2.48. The molecule has 0 bridgehead atoms. The van der Waals surface area contributed by atoms with Gasteiger partial charge in [-0.2, -0.15) is 0 Å². The zero-order chi connectivity index (χ0) is 11.7. The minimum Gasteiger partial charge on any atom is -0.383 e. The second-order valence-electron chi connectivity index (χ2n) is 3.55. The highest BCUT2D eigenvalue weighted by Gasteiger charge is 2.13. The summed E-state index contributed by atoms with van der Waals surface area (Å²) in [6.07, 6.45) is -0.602. The molecule has 1 aromatic heterocycles. The number of halogens is 2. The highest BCUT2D eigenvalue weighted by molar-refractivity contribution is 9.10. The fourth-order valence-electron chi connectivity index (χ4n) is 1.42. The molecule has 16 heavy (non-hydrogen) atoms. The molecule has 0 saturated carbocycles. The van der Waals surface area contributed by atoms with Crippen LogP contribution in [0.5, 0.6) is 0 Å². The Morgan fingerprint density at radius 1 is 1.31 bits per heavy atom. The van der Waals surface area contributed by atoms with Crippen LogP contribution in [0.3, 0.4) is 0 Å². The first-order valence-electron chi connectivity index (χ1n) is 4.77. The van der Waals surface area contributed by atoms with Crippen molar-refractivity contribution in [2.75, 3.05) is 0 Å². The van der Waals surface area contributed by atoms with Crippen molar-refractivity contribution in [2.45, 2.75) is 13.0 Å². The van der Waals surface area contributed by atoms with Crippen LogP contribution in [0.2, 0.25) is 4.34 Å². The van der Waals surface area contributed by atoms with Crippen molar-refractivity contribution in [1.29, 1.82) is 0 Å². The molecule has 1 nitrogen and oxygen atoms in total. The van der Waals surface area contributed by atoms with Gasteiger partial charge in [-0.05, 0) is 36.2 Å². The smallest absolute Gasteiger partial charge is 0.113 e. The number of thiophene rings is 1. The molecule has 1 unspecified atom stereocenters. The Bertz CT molecular complexity index is 509. The lowest BCUT2D eigenvalue weighted by molar-refractivity contribution is 0.224. The lowest BCUT2D eigenvalue weighted by Gasteiger charge is -2.10. The Labute approximate surface area is 112 Å². The zero-order valence-corrected chi connectivity index (χ0v) is 11.7. The van der Waals surface area contributed by atoms with E-state index in [0.717, 1.165) is 20.5 Å². The number of aliphatic hydroxyl groups is 1. The van der Waals surface area contributed by atoms with Crippen molar-refractivity contribution in [3.05, 3.63) is 55.1 Å². The van der Waals surface area contributed by atoms with E-state index in [1.165, 1.54) is 11.3 Å². The van der Waals surface area contributed by atoms with Gasteiger partial charge in [0.2, 0.25) is 0 Å². The largest absolute Gasteiger partial charge is 0.383 e. The fourth-order valence-corrected chi connectivity index (χ4v) is 2.89. The summed E-state index contributed by atoms with van der Waals surface area (Å²) in [4.78, 5) is 0.862. The van der Waals surface area contributed by atoms with E-state index in [4.69, 9.17) is 11.6 Å². The molecule has 1 atom stereocenters. The summed E-state index contributed by atoms with van der Waals surface area (Å²) in [6.45, 7) is 2.02. The van der Waals surface area contributed by atoms with Gasteiger partial charge in [0.05, 0.1) is 4.34 Å². The Morgan fingerprint density at radius 3 is 2.62 bits per heavy atom. The van der Waals surface area contributed by atoms with Crippen molar-refractivity contribution in [3.63, 3.8) is 0 Å². The van der Waals surface area contributed by atoms with Gasteiger partial charge < -0.3 is 5.11 Å². The van der Waals surface area contributed by atoms with Crippen molar-refractivity contribution >= 4 is 38.9 Å². The Morgan fingerprint density at radius 2 is 2.06 bits per heavy atom. The van der Waals surface area contributed by atoms with Crippen LogP contribution in [0.4, 0.5) is 0 Å². The third-order valence-electron chi connectivity index (χ3n) is 2.38. The van der Waals surface area contributed by atoms with Crippen LogP contribution in [-0.4, -0.2) is 5.11 Å². The topological polar surface area (TPSA) is 20.2 Å². The normalized spacial score (nSPS) is 12.8. The predicted molar refractivity (Wildman–Crippen MR) is 72.3 cm³/mol. The molecule has 1 N–H and O–H groups in total. The molecule has 0 saturated heterocycles. The molecule has 2 aromatic rings. The molecule has 0 aliphatic heterocycles. The van der Waals surface area contributed by atoms with Gasteiger partial charge in [-0.3, -0.25) is 0 Å². The van der Waals surface area contributed by atoms with E-state index < -0.39 is 6.10 Å². The summed E-state index contributed by atoms with van der Waals surface area (Å²) in [5.74, 6) is 0. The molecule has 4 heteroatoms. The monoisotopic (exact) mass is 316 g/mol. The maximum atomic E-state index is 10.2. The van der Waals surface area contributed by atoms with E-state index in [9.17, 15) is 5.11 Å². The Kier molecular flexibility index (Phi) is 3.70. The summed E-state index contributed by atoms with van der Waals surface area (Å²) in [5, 5.41) is 10.2. The van der Waals surface area contributed by atoms with E-state index in [1.807, 2.05) is 31.2 Å². The van der Waals surface area contributed by atoms with Crippen LogP contribution in [-0.2, 0) is 0 Å². The number of aryl methyl sites for hydroxylation is 1. The average molecular weight is 318 g/mol. The zero-order valence-electron chi connectivity index (χ0n) is 8.58. The lowest BCUT2D eigenvalue weighted by atomic mass is 10.1. The fraction of sp³-hybridized carbons (Fsp3) is 0.167. The number of benzene rings is 1. The second-order valence-corrected chi connectivity index (χ2v) is 6.15. The average Bonchev–Trinajstić information content (AvgIpc) is 2.68. The molecule has 84 valence electrons. The van der Waals surface area contributed by atoms with E-state index in [-0.39, 0.29) is 0 Å². The van der Waals surface area contributed by atoms with Gasteiger partial charge in [0.25, 0.3) is 0 Å². The highest BCUT2D eigenvalue weighted by atomic mass is 79.9. The van der Waals surface area contributed by atoms with Gasteiger partial charge in [0, 0.05) is 9.35 Å². The van der Waals surface area contributed by atoms with Gasteiger partial charge in [0.15, 0.2) is 0 Å². The molecule has 0 radical (unpaired) electrons. The predicted octanol–water partition coefficient (Wildman–Crippen LogP) is 4.55. The van der Waals surface area contributed by atoms with E-state index in [1.54, 1.807) is 6.07 Å². The molecule has 0 fully saturated rings. The van der Waals surface area contributed by atoms with Gasteiger partial charge in [0.1, 0.15) is 6.10 Å². The molecular formula is C12H10BrClOS. The first kappa shape index (κ1) is 12.1. The minimum atomic E-state index is -0.602. The minimum absolute atomic E-state index is 0.602. The molecule has 0 aliphatic rings. The Balaban J connectivity index is 2.33. The number of rotatable bonds is 2. The van der Waals surface area contributed by atoms with Gasteiger partial charge in [-0.1, -0.05) is 39.7 Å². The van der Waals surface area contributed by atoms with Crippen molar-refractivity contribution in [2.24, 2.45) is 0 Å². The quantitative estimate of drug-likeness (QED) is 0.861. The summed E-state index contributed by atoms with van der Waals surface area (Å²) in [6, 6.07) is 9.50. The SMILES string of the molecule is Cc1ccc(C(O)c2ccc(Cl)s2)cc1Br. The summed E-state index contributed by atoms with van der Waals surface area (Å²) in [5.41, 5.74) is 2.02. The number of hydrogen-bond acceptors (Lipinski definition) is 2. The maximum Gasteiger partial charge on any atom is 0.113 e. The van der Waals surface area contributed by atoms with Gasteiger partial charge >= 0.3 is 0 Å². The van der Waals surface area contributed by atoms with Crippen molar-refractivity contribution < 1.29 is 5.11 Å². The third-order valence-corrected chi connectivity index (χ3v) is 4.51. The van der Waals surface area contributed by atoms with Crippen LogP contribution >= 0.6 is 38.9 Å². The van der Waals surface area contributed by atoms with Crippen LogP contribution in [0.1, 0.15) is 22.1 Å². The van der Waals surface area contributed by atoms with Crippen LogP contribution in [0.25, 0.3) is 0 Å². The molecule has 2 rings (SSSR count). The van der Waals surface area contributed by atoms with Crippen LogP contribution < -0.4 is 0 Å². The van der Waals surface area contributed by atoms with E-state index in [0.29, 0.717) is 4.34 Å². The first-order valence-corrected chi connectivity index (χ1v) is 6.76. The molecule has 0 aliphatic carbocycles. The summed E-state index contributed by atoms with van der Waals surface area (Å²) >= 11 is 10.7.